The minimum absolute atomic E-state index is 0.629. The topological polar surface area (TPSA) is 49.2 Å². The Morgan fingerprint density at radius 2 is 1.67 bits per heavy atom. The lowest BCUT2D eigenvalue weighted by molar-refractivity contribution is 0.414. The normalized spacial score (nSPS) is 10.9. The Kier molecular flexibility index (Phi) is 4.98. The van der Waals surface area contributed by atoms with Gasteiger partial charge in [-0.2, -0.15) is 5.10 Å². The Bertz CT molecular complexity index is 1070. The highest BCUT2D eigenvalue weighted by atomic mass is 127. The van der Waals surface area contributed by atoms with Gasteiger partial charge in [0, 0.05) is 12.3 Å². The molecule has 0 saturated heterocycles. The fourth-order valence-corrected chi connectivity index (χ4v) is 3.63. The van der Waals surface area contributed by atoms with Crippen molar-refractivity contribution in [1.82, 2.24) is 14.8 Å². The largest absolute Gasteiger partial charge is 0.497 e. The van der Waals surface area contributed by atoms with E-state index in [9.17, 15) is 0 Å². The maximum Gasteiger partial charge on any atom is 0.163 e. The van der Waals surface area contributed by atoms with Crippen LogP contribution in [0.1, 0.15) is 11.1 Å². The number of halogens is 1. The number of ether oxygens (including phenoxy) is 2. The molecule has 5 nitrogen and oxygen atoms in total. The molecule has 0 aliphatic rings. The van der Waals surface area contributed by atoms with E-state index in [1.54, 1.807) is 13.3 Å². The summed E-state index contributed by atoms with van der Waals surface area (Å²) in [5.74, 6) is 2.40. The smallest absolute Gasteiger partial charge is 0.163 e. The molecule has 6 heteroatoms. The van der Waals surface area contributed by atoms with Gasteiger partial charge in [0.25, 0.3) is 0 Å². The van der Waals surface area contributed by atoms with Crippen LogP contribution in [-0.2, 0) is 6.54 Å². The molecule has 0 atom stereocenters. The number of benzene rings is 2. The molecule has 0 aliphatic heterocycles. The molecular formula is C21H18IN3O2. The van der Waals surface area contributed by atoms with E-state index < -0.39 is 0 Å². The van der Waals surface area contributed by atoms with Crippen LogP contribution in [0.25, 0.3) is 11.0 Å². The monoisotopic (exact) mass is 471 g/mol. The number of aryl methyl sites for hydroxylation is 1. The van der Waals surface area contributed by atoms with Gasteiger partial charge in [-0.05, 0) is 59.3 Å². The summed E-state index contributed by atoms with van der Waals surface area (Å²) in [5.41, 5.74) is 3.13. The Balaban J connectivity index is 1.68. The van der Waals surface area contributed by atoms with Gasteiger partial charge in [0.1, 0.15) is 20.9 Å². The summed E-state index contributed by atoms with van der Waals surface area (Å²) in [5, 5.41) is 5.60. The van der Waals surface area contributed by atoms with E-state index in [0.717, 1.165) is 37.5 Å². The second kappa shape index (κ2) is 7.56. The quantitative estimate of drug-likeness (QED) is 0.376. The summed E-state index contributed by atoms with van der Waals surface area (Å²) in [7, 11) is 1.66. The SMILES string of the molecule is COc1ccc(Cn2nc(I)c3c(Oc4ccc(C)cc4)ccnc32)cc1. The van der Waals surface area contributed by atoms with Crippen LogP contribution in [-0.4, -0.2) is 21.9 Å². The number of fused-ring (bicyclic) bond motifs is 1. The number of methoxy groups -OCH3 is 1. The second-order valence-electron chi connectivity index (χ2n) is 6.22. The van der Waals surface area contributed by atoms with Gasteiger partial charge in [-0.25, -0.2) is 9.67 Å². The molecule has 0 fully saturated rings. The van der Waals surface area contributed by atoms with E-state index in [1.807, 2.05) is 59.3 Å². The predicted molar refractivity (Wildman–Crippen MR) is 114 cm³/mol. The molecule has 0 spiro atoms. The first-order valence-corrected chi connectivity index (χ1v) is 9.60. The van der Waals surface area contributed by atoms with E-state index in [0.29, 0.717) is 6.54 Å². The van der Waals surface area contributed by atoms with Crippen molar-refractivity contribution in [3.63, 3.8) is 0 Å². The molecule has 136 valence electrons. The van der Waals surface area contributed by atoms with Crippen molar-refractivity contribution in [2.75, 3.05) is 7.11 Å². The van der Waals surface area contributed by atoms with E-state index in [2.05, 4.69) is 39.6 Å². The molecule has 2 heterocycles. The molecule has 2 aromatic carbocycles. The lowest BCUT2D eigenvalue weighted by Gasteiger charge is -2.08. The Morgan fingerprint density at radius 1 is 0.963 bits per heavy atom. The predicted octanol–water partition coefficient (Wildman–Crippen LogP) is 5.19. The van der Waals surface area contributed by atoms with Crippen molar-refractivity contribution in [3.8, 4) is 17.2 Å². The number of aromatic nitrogens is 3. The highest BCUT2D eigenvalue weighted by Crippen LogP contribution is 2.32. The highest BCUT2D eigenvalue weighted by Gasteiger charge is 2.15. The van der Waals surface area contributed by atoms with Gasteiger partial charge in [-0.15, -0.1) is 0 Å². The number of hydrogen-bond donors (Lipinski definition) is 0. The minimum Gasteiger partial charge on any atom is -0.497 e. The van der Waals surface area contributed by atoms with Crippen LogP contribution in [0.4, 0.5) is 0 Å². The van der Waals surface area contributed by atoms with Crippen molar-refractivity contribution in [2.24, 2.45) is 0 Å². The molecule has 27 heavy (non-hydrogen) atoms. The van der Waals surface area contributed by atoms with Crippen LogP contribution >= 0.6 is 22.6 Å². The summed E-state index contributed by atoms with van der Waals surface area (Å²) in [4.78, 5) is 4.54. The summed E-state index contributed by atoms with van der Waals surface area (Å²) in [6.07, 6.45) is 1.76. The molecular weight excluding hydrogens is 453 g/mol. The van der Waals surface area contributed by atoms with Gasteiger partial charge in [-0.3, -0.25) is 0 Å². The Morgan fingerprint density at radius 3 is 2.37 bits per heavy atom. The van der Waals surface area contributed by atoms with Gasteiger partial charge in [0.05, 0.1) is 19.0 Å². The molecule has 0 aliphatic carbocycles. The van der Waals surface area contributed by atoms with E-state index in [4.69, 9.17) is 9.47 Å². The molecule has 0 unspecified atom stereocenters. The van der Waals surface area contributed by atoms with E-state index >= 15 is 0 Å². The maximum atomic E-state index is 6.11. The fraction of sp³-hybridized carbons (Fsp3) is 0.143. The summed E-state index contributed by atoms with van der Waals surface area (Å²) >= 11 is 2.23. The Labute approximate surface area is 171 Å². The van der Waals surface area contributed by atoms with Gasteiger partial charge in [0.15, 0.2) is 5.65 Å². The average molecular weight is 471 g/mol. The maximum absolute atomic E-state index is 6.11. The van der Waals surface area contributed by atoms with Gasteiger partial charge in [-0.1, -0.05) is 29.8 Å². The zero-order valence-electron chi connectivity index (χ0n) is 15.0. The van der Waals surface area contributed by atoms with Crippen LogP contribution in [0.3, 0.4) is 0 Å². The number of hydrogen-bond acceptors (Lipinski definition) is 4. The van der Waals surface area contributed by atoms with Crippen LogP contribution in [0.2, 0.25) is 0 Å². The molecule has 0 N–H and O–H groups in total. The van der Waals surface area contributed by atoms with Crippen LogP contribution in [0.15, 0.2) is 60.8 Å². The molecule has 4 rings (SSSR count). The van der Waals surface area contributed by atoms with Gasteiger partial charge >= 0.3 is 0 Å². The van der Waals surface area contributed by atoms with E-state index in [-0.39, 0.29) is 0 Å². The minimum atomic E-state index is 0.629. The van der Waals surface area contributed by atoms with Crippen LogP contribution < -0.4 is 9.47 Å². The van der Waals surface area contributed by atoms with Crippen molar-refractivity contribution in [1.29, 1.82) is 0 Å². The Hall–Kier alpha value is -2.61. The number of nitrogens with zero attached hydrogens (tertiary/aromatic N) is 3. The summed E-state index contributed by atoms with van der Waals surface area (Å²) in [6, 6.07) is 17.8. The number of rotatable bonds is 5. The fourth-order valence-electron chi connectivity index (χ4n) is 2.86. The summed E-state index contributed by atoms with van der Waals surface area (Å²) < 4.78 is 14.1. The summed E-state index contributed by atoms with van der Waals surface area (Å²) in [6.45, 7) is 2.69. The third-order valence-electron chi connectivity index (χ3n) is 4.29. The second-order valence-corrected chi connectivity index (χ2v) is 7.24. The molecule has 0 radical (unpaired) electrons. The number of pyridine rings is 1. The third-order valence-corrected chi connectivity index (χ3v) is 5.05. The van der Waals surface area contributed by atoms with Crippen molar-refractivity contribution in [3.05, 3.63) is 75.6 Å². The lowest BCUT2D eigenvalue weighted by Crippen LogP contribution is -2.02. The standard InChI is InChI=1S/C21H18IN3O2/c1-14-3-7-17(8-4-14)27-18-11-12-23-21-19(18)20(22)24-25(21)13-15-5-9-16(26-2)10-6-15/h3-12H,13H2,1-2H3. The van der Waals surface area contributed by atoms with E-state index in [1.165, 1.54) is 5.56 Å². The van der Waals surface area contributed by atoms with Crippen LogP contribution in [0, 0.1) is 10.6 Å². The zero-order chi connectivity index (χ0) is 18.8. The molecule has 0 amide bonds. The first-order valence-electron chi connectivity index (χ1n) is 8.52. The molecule has 0 bridgehead atoms. The molecule has 0 saturated carbocycles. The van der Waals surface area contributed by atoms with Crippen molar-refractivity contribution >= 4 is 33.6 Å². The van der Waals surface area contributed by atoms with Crippen LogP contribution in [0.5, 0.6) is 17.2 Å². The average Bonchev–Trinajstić information content (AvgIpc) is 3.01. The van der Waals surface area contributed by atoms with Gasteiger partial charge in [0.2, 0.25) is 0 Å². The third kappa shape index (κ3) is 3.75. The zero-order valence-corrected chi connectivity index (χ0v) is 17.2. The first-order chi connectivity index (χ1) is 13.1. The van der Waals surface area contributed by atoms with Crippen molar-refractivity contribution < 1.29 is 9.47 Å². The van der Waals surface area contributed by atoms with Crippen molar-refractivity contribution in [2.45, 2.75) is 13.5 Å². The molecule has 4 aromatic rings. The molecule has 2 aromatic heterocycles. The lowest BCUT2D eigenvalue weighted by atomic mass is 10.2. The first kappa shape index (κ1) is 17.8. The highest BCUT2D eigenvalue weighted by molar-refractivity contribution is 14.1. The van der Waals surface area contributed by atoms with Gasteiger partial charge < -0.3 is 9.47 Å².